The van der Waals surface area contributed by atoms with Crippen LogP contribution in [0.5, 0.6) is 0 Å². The number of anilines is 3. The SMILES string of the molecule is Cc1cccc(N2CCN(CC(=O)Nc3ccc(N(C)C)cc3)CC2)c1C. The number of hydrogen-bond acceptors (Lipinski definition) is 4. The summed E-state index contributed by atoms with van der Waals surface area (Å²) in [6.07, 6.45) is 0. The summed E-state index contributed by atoms with van der Waals surface area (Å²) in [5, 5.41) is 3.00. The van der Waals surface area contributed by atoms with Crippen LogP contribution in [0.15, 0.2) is 42.5 Å². The Hall–Kier alpha value is -2.53. The minimum absolute atomic E-state index is 0.0489. The summed E-state index contributed by atoms with van der Waals surface area (Å²) in [4.78, 5) is 19.1. The molecular weight excluding hydrogens is 336 g/mol. The van der Waals surface area contributed by atoms with Crippen LogP contribution >= 0.6 is 0 Å². The van der Waals surface area contributed by atoms with Crippen LogP contribution in [-0.4, -0.2) is 57.6 Å². The fourth-order valence-corrected chi connectivity index (χ4v) is 3.47. The summed E-state index contributed by atoms with van der Waals surface area (Å²) < 4.78 is 0. The number of carbonyl (C=O) groups is 1. The number of aryl methyl sites for hydroxylation is 1. The molecule has 0 atom stereocenters. The van der Waals surface area contributed by atoms with Gasteiger partial charge in [0, 0.05) is 57.3 Å². The minimum Gasteiger partial charge on any atom is -0.378 e. The van der Waals surface area contributed by atoms with Crippen molar-refractivity contribution in [3.63, 3.8) is 0 Å². The van der Waals surface area contributed by atoms with Crippen molar-refractivity contribution in [2.75, 3.05) is 61.9 Å². The number of rotatable bonds is 5. The predicted molar refractivity (Wildman–Crippen MR) is 114 cm³/mol. The average Bonchev–Trinajstić information content (AvgIpc) is 2.65. The topological polar surface area (TPSA) is 38.8 Å². The summed E-state index contributed by atoms with van der Waals surface area (Å²) in [5.74, 6) is 0.0489. The Bertz CT molecular complexity index is 777. The zero-order chi connectivity index (χ0) is 19.4. The maximum atomic E-state index is 12.4. The Morgan fingerprint density at radius 2 is 1.67 bits per heavy atom. The monoisotopic (exact) mass is 366 g/mol. The highest BCUT2D eigenvalue weighted by Gasteiger charge is 2.20. The third-order valence-corrected chi connectivity index (χ3v) is 5.32. The molecule has 1 aliphatic heterocycles. The number of benzene rings is 2. The van der Waals surface area contributed by atoms with Gasteiger partial charge in [-0.15, -0.1) is 0 Å². The molecule has 144 valence electrons. The van der Waals surface area contributed by atoms with E-state index in [-0.39, 0.29) is 5.91 Å². The summed E-state index contributed by atoms with van der Waals surface area (Å²) in [6.45, 7) is 8.50. The Morgan fingerprint density at radius 3 is 2.30 bits per heavy atom. The second-order valence-electron chi connectivity index (χ2n) is 7.47. The lowest BCUT2D eigenvalue weighted by Gasteiger charge is -2.36. The molecule has 0 spiro atoms. The first-order valence-electron chi connectivity index (χ1n) is 9.55. The summed E-state index contributed by atoms with van der Waals surface area (Å²) >= 11 is 0. The van der Waals surface area contributed by atoms with E-state index in [0.717, 1.165) is 37.6 Å². The highest BCUT2D eigenvalue weighted by atomic mass is 16.2. The van der Waals surface area contributed by atoms with E-state index in [1.165, 1.54) is 16.8 Å². The van der Waals surface area contributed by atoms with E-state index in [2.05, 4.69) is 47.2 Å². The first kappa shape index (κ1) is 19.2. The maximum Gasteiger partial charge on any atom is 0.238 e. The molecule has 1 fully saturated rings. The average molecular weight is 367 g/mol. The Balaban J connectivity index is 1.50. The van der Waals surface area contributed by atoms with Crippen LogP contribution in [0.3, 0.4) is 0 Å². The van der Waals surface area contributed by atoms with E-state index < -0.39 is 0 Å². The van der Waals surface area contributed by atoms with Crippen LogP contribution in [-0.2, 0) is 4.79 Å². The summed E-state index contributed by atoms with van der Waals surface area (Å²) in [6, 6.07) is 14.4. The largest absolute Gasteiger partial charge is 0.378 e. The van der Waals surface area contributed by atoms with Gasteiger partial charge in [-0.25, -0.2) is 0 Å². The number of nitrogens with zero attached hydrogens (tertiary/aromatic N) is 3. The van der Waals surface area contributed by atoms with Gasteiger partial charge in [-0.05, 0) is 55.3 Å². The Morgan fingerprint density at radius 1 is 1.00 bits per heavy atom. The van der Waals surface area contributed by atoms with Crippen molar-refractivity contribution in [2.45, 2.75) is 13.8 Å². The van der Waals surface area contributed by atoms with E-state index in [1.807, 2.05) is 43.3 Å². The lowest BCUT2D eigenvalue weighted by Crippen LogP contribution is -2.48. The lowest BCUT2D eigenvalue weighted by atomic mass is 10.1. The van der Waals surface area contributed by atoms with Gasteiger partial charge in [-0.1, -0.05) is 12.1 Å². The molecule has 0 aliphatic carbocycles. The molecule has 1 heterocycles. The molecule has 1 N–H and O–H groups in total. The number of amides is 1. The highest BCUT2D eigenvalue weighted by molar-refractivity contribution is 5.92. The first-order valence-corrected chi connectivity index (χ1v) is 9.55. The van der Waals surface area contributed by atoms with Crippen molar-refractivity contribution in [2.24, 2.45) is 0 Å². The van der Waals surface area contributed by atoms with Crippen LogP contribution in [0.4, 0.5) is 17.1 Å². The lowest BCUT2D eigenvalue weighted by molar-refractivity contribution is -0.117. The highest BCUT2D eigenvalue weighted by Crippen LogP contribution is 2.24. The Kier molecular flexibility index (Phi) is 6.01. The van der Waals surface area contributed by atoms with Crippen LogP contribution in [0, 0.1) is 13.8 Å². The van der Waals surface area contributed by atoms with Gasteiger partial charge in [0.1, 0.15) is 0 Å². The maximum absolute atomic E-state index is 12.4. The number of carbonyl (C=O) groups excluding carboxylic acids is 1. The quantitative estimate of drug-likeness (QED) is 0.882. The fourth-order valence-electron chi connectivity index (χ4n) is 3.47. The number of nitrogens with one attached hydrogen (secondary N) is 1. The summed E-state index contributed by atoms with van der Waals surface area (Å²) in [5.41, 5.74) is 5.97. The molecule has 1 amide bonds. The van der Waals surface area contributed by atoms with Crippen molar-refractivity contribution >= 4 is 23.0 Å². The van der Waals surface area contributed by atoms with Crippen LogP contribution in [0.1, 0.15) is 11.1 Å². The molecule has 0 radical (unpaired) electrons. The third-order valence-electron chi connectivity index (χ3n) is 5.32. The van der Waals surface area contributed by atoms with E-state index in [1.54, 1.807) is 0 Å². The fraction of sp³-hybridized carbons (Fsp3) is 0.409. The standard InChI is InChI=1S/C22H30N4O/c1-17-6-5-7-21(18(17)2)26-14-12-25(13-15-26)16-22(27)23-19-8-10-20(11-9-19)24(3)4/h5-11H,12-16H2,1-4H3,(H,23,27). The van der Waals surface area contributed by atoms with Crippen molar-refractivity contribution in [3.05, 3.63) is 53.6 Å². The third kappa shape index (κ3) is 4.80. The normalized spacial score (nSPS) is 14.9. The van der Waals surface area contributed by atoms with Crippen LogP contribution in [0.2, 0.25) is 0 Å². The number of hydrogen-bond donors (Lipinski definition) is 1. The van der Waals surface area contributed by atoms with Crippen molar-refractivity contribution in [3.8, 4) is 0 Å². The van der Waals surface area contributed by atoms with Gasteiger partial charge in [0.2, 0.25) is 5.91 Å². The molecule has 5 nitrogen and oxygen atoms in total. The molecule has 1 saturated heterocycles. The van der Waals surface area contributed by atoms with Crippen LogP contribution < -0.4 is 15.1 Å². The van der Waals surface area contributed by atoms with E-state index in [4.69, 9.17) is 0 Å². The molecular formula is C22H30N4O. The van der Waals surface area contributed by atoms with Crippen molar-refractivity contribution in [1.82, 2.24) is 4.90 Å². The van der Waals surface area contributed by atoms with Gasteiger partial charge in [0.25, 0.3) is 0 Å². The van der Waals surface area contributed by atoms with Gasteiger partial charge >= 0.3 is 0 Å². The molecule has 3 rings (SSSR count). The molecule has 0 unspecified atom stereocenters. The molecule has 5 heteroatoms. The molecule has 0 saturated carbocycles. The van der Waals surface area contributed by atoms with E-state index in [9.17, 15) is 4.79 Å². The van der Waals surface area contributed by atoms with Gasteiger partial charge in [0.15, 0.2) is 0 Å². The second-order valence-corrected chi connectivity index (χ2v) is 7.47. The van der Waals surface area contributed by atoms with Crippen molar-refractivity contribution < 1.29 is 4.79 Å². The molecule has 27 heavy (non-hydrogen) atoms. The van der Waals surface area contributed by atoms with Gasteiger partial charge in [-0.3, -0.25) is 9.69 Å². The van der Waals surface area contributed by atoms with Gasteiger partial charge in [-0.2, -0.15) is 0 Å². The molecule has 2 aromatic carbocycles. The van der Waals surface area contributed by atoms with E-state index >= 15 is 0 Å². The first-order chi connectivity index (χ1) is 12.9. The number of piperazine rings is 1. The van der Waals surface area contributed by atoms with Crippen LogP contribution in [0.25, 0.3) is 0 Å². The predicted octanol–water partition coefficient (Wildman–Crippen LogP) is 3.13. The van der Waals surface area contributed by atoms with Gasteiger partial charge < -0.3 is 15.1 Å². The van der Waals surface area contributed by atoms with E-state index in [0.29, 0.717) is 6.54 Å². The zero-order valence-electron chi connectivity index (χ0n) is 16.8. The smallest absolute Gasteiger partial charge is 0.238 e. The molecule has 1 aliphatic rings. The molecule has 2 aromatic rings. The summed E-state index contributed by atoms with van der Waals surface area (Å²) in [7, 11) is 4.01. The minimum atomic E-state index is 0.0489. The zero-order valence-corrected chi connectivity index (χ0v) is 16.8. The molecule has 0 bridgehead atoms. The van der Waals surface area contributed by atoms with Gasteiger partial charge in [0.05, 0.1) is 6.54 Å². The van der Waals surface area contributed by atoms with Crippen molar-refractivity contribution in [1.29, 1.82) is 0 Å². The molecule has 0 aromatic heterocycles. The Labute approximate surface area is 162 Å². The second kappa shape index (κ2) is 8.44.